The van der Waals surface area contributed by atoms with Gasteiger partial charge in [0.15, 0.2) is 5.78 Å². The zero-order valence-electron chi connectivity index (χ0n) is 10.3. The second-order valence-corrected chi connectivity index (χ2v) is 5.32. The van der Waals surface area contributed by atoms with E-state index in [2.05, 4.69) is 4.98 Å². The molecule has 0 fully saturated rings. The number of halogens is 1. The van der Waals surface area contributed by atoms with E-state index in [-0.39, 0.29) is 22.8 Å². The fourth-order valence-electron chi connectivity index (χ4n) is 1.99. The van der Waals surface area contributed by atoms with Crippen LogP contribution in [0.25, 0.3) is 10.2 Å². The summed E-state index contributed by atoms with van der Waals surface area (Å²) in [5, 5.41) is 0.985. The molecule has 0 unspecified atom stereocenters. The molecule has 0 radical (unpaired) electrons. The number of ketones is 1. The summed E-state index contributed by atoms with van der Waals surface area (Å²) in [5.74, 6) is 0.0338. The molecule has 0 aliphatic heterocycles. The average Bonchev–Trinajstić information content (AvgIpc) is 2.79. The van der Waals surface area contributed by atoms with Crippen LogP contribution in [-0.4, -0.2) is 10.8 Å². The molecule has 1 heterocycles. The Morgan fingerprint density at radius 1 is 1.05 bits per heavy atom. The Balaban J connectivity index is 0.00000133. The number of rotatable bonds is 2. The van der Waals surface area contributed by atoms with Gasteiger partial charge in [0.05, 0.1) is 15.2 Å². The summed E-state index contributed by atoms with van der Waals surface area (Å²) in [7, 11) is 0. The topological polar surface area (TPSA) is 30.0 Å². The van der Waals surface area contributed by atoms with Crippen LogP contribution in [0.3, 0.4) is 0 Å². The predicted molar refractivity (Wildman–Crippen MR) is 84.6 cm³/mol. The van der Waals surface area contributed by atoms with Crippen LogP contribution < -0.4 is 0 Å². The summed E-state index contributed by atoms with van der Waals surface area (Å²) in [6, 6.07) is 15.1. The molecule has 3 rings (SSSR count). The molecule has 0 amide bonds. The van der Waals surface area contributed by atoms with Crippen molar-refractivity contribution in [2.75, 3.05) is 0 Å². The third kappa shape index (κ3) is 2.60. The van der Waals surface area contributed by atoms with Gasteiger partial charge in [0, 0.05) is 11.1 Å². The molecule has 1 aromatic heterocycles. The molecule has 0 aliphatic rings. The van der Waals surface area contributed by atoms with Gasteiger partial charge in [-0.15, -0.1) is 28.3 Å². The summed E-state index contributed by atoms with van der Waals surface area (Å²) in [5.41, 5.74) is 2.20. The van der Waals surface area contributed by atoms with Gasteiger partial charge < -0.3 is 0 Å². The number of hydrogen-bond acceptors (Lipinski definition) is 3. The summed E-state index contributed by atoms with van der Waals surface area (Å²) < 4.78 is 1.06. The van der Waals surface area contributed by atoms with Gasteiger partial charge in [-0.3, -0.25) is 4.79 Å². The van der Waals surface area contributed by atoms with E-state index in [9.17, 15) is 4.79 Å². The number of carbonyl (C=O) groups excluding carboxylic acids is 1. The molecule has 4 heteroatoms. The lowest BCUT2D eigenvalue weighted by molar-refractivity contribution is 0.104. The SMILES string of the molecule is Br.Cc1nc2c(C(=O)c3ccccc3)cccc2s1. The normalized spacial score (nSPS) is 10.2. The fraction of sp³-hybridized carbons (Fsp3) is 0.0667. The number of thiazole rings is 1. The Morgan fingerprint density at radius 3 is 2.53 bits per heavy atom. The van der Waals surface area contributed by atoms with Gasteiger partial charge >= 0.3 is 0 Å². The number of fused-ring (bicyclic) bond motifs is 1. The van der Waals surface area contributed by atoms with E-state index >= 15 is 0 Å². The monoisotopic (exact) mass is 333 g/mol. The van der Waals surface area contributed by atoms with Crippen LogP contribution in [-0.2, 0) is 0 Å². The first-order valence-electron chi connectivity index (χ1n) is 5.71. The van der Waals surface area contributed by atoms with Gasteiger partial charge in [0.25, 0.3) is 0 Å². The molecular weight excluding hydrogens is 322 g/mol. The molecule has 96 valence electrons. The quantitative estimate of drug-likeness (QED) is 0.650. The van der Waals surface area contributed by atoms with Crippen LogP contribution in [0.2, 0.25) is 0 Å². The molecule has 2 nitrogen and oxygen atoms in total. The second-order valence-electron chi connectivity index (χ2n) is 4.08. The lowest BCUT2D eigenvalue weighted by Crippen LogP contribution is -2.01. The summed E-state index contributed by atoms with van der Waals surface area (Å²) >= 11 is 1.62. The first kappa shape index (κ1) is 13.9. The van der Waals surface area contributed by atoms with Crippen LogP contribution in [0.1, 0.15) is 20.9 Å². The van der Waals surface area contributed by atoms with Crippen LogP contribution >= 0.6 is 28.3 Å². The molecule has 0 bridgehead atoms. The van der Waals surface area contributed by atoms with Crippen LogP contribution in [0.5, 0.6) is 0 Å². The van der Waals surface area contributed by atoms with E-state index in [4.69, 9.17) is 0 Å². The average molecular weight is 334 g/mol. The molecule has 0 N–H and O–H groups in total. The highest BCUT2D eigenvalue weighted by molar-refractivity contribution is 8.93. The number of carbonyl (C=O) groups is 1. The number of aryl methyl sites for hydroxylation is 1. The number of hydrogen-bond donors (Lipinski definition) is 0. The van der Waals surface area contributed by atoms with Crippen LogP contribution in [0.4, 0.5) is 0 Å². The van der Waals surface area contributed by atoms with Crippen LogP contribution in [0.15, 0.2) is 48.5 Å². The predicted octanol–water partition coefficient (Wildman–Crippen LogP) is 4.41. The molecule has 19 heavy (non-hydrogen) atoms. The zero-order chi connectivity index (χ0) is 12.5. The third-order valence-electron chi connectivity index (χ3n) is 2.81. The van der Waals surface area contributed by atoms with Crippen molar-refractivity contribution in [2.45, 2.75) is 6.92 Å². The van der Waals surface area contributed by atoms with E-state index in [1.807, 2.05) is 55.5 Å². The number of benzene rings is 2. The van der Waals surface area contributed by atoms with Crippen molar-refractivity contribution in [3.8, 4) is 0 Å². The van der Waals surface area contributed by atoms with E-state index < -0.39 is 0 Å². The molecule has 0 spiro atoms. The van der Waals surface area contributed by atoms with E-state index in [1.165, 1.54) is 0 Å². The summed E-state index contributed by atoms with van der Waals surface area (Å²) in [6.45, 7) is 1.96. The smallest absolute Gasteiger partial charge is 0.195 e. The van der Waals surface area contributed by atoms with Gasteiger partial charge in [-0.25, -0.2) is 4.98 Å². The Bertz CT molecular complexity index is 721. The molecule has 3 aromatic rings. The van der Waals surface area contributed by atoms with Crippen molar-refractivity contribution in [1.82, 2.24) is 4.98 Å². The molecule has 0 saturated heterocycles. The highest BCUT2D eigenvalue weighted by Gasteiger charge is 2.14. The van der Waals surface area contributed by atoms with Crippen LogP contribution in [0, 0.1) is 6.92 Å². The minimum absolute atomic E-state index is 0. The van der Waals surface area contributed by atoms with Crippen molar-refractivity contribution in [2.24, 2.45) is 0 Å². The Kier molecular flexibility index (Phi) is 4.12. The summed E-state index contributed by atoms with van der Waals surface area (Å²) in [6.07, 6.45) is 0. The molecular formula is C15H12BrNOS. The first-order chi connectivity index (χ1) is 8.75. The van der Waals surface area contributed by atoms with Crippen molar-refractivity contribution in [3.05, 3.63) is 64.7 Å². The lowest BCUT2D eigenvalue weighted by Gasteiger charge is -2.01. The van der Waals surface area contributed by atoms with Crippen molar-refractivity contribution < 1.29 is 4.79 Å². The first-order valence-corrected chi connectivity index (χ1v) is 6.53. The maximum atomic E-state index is 12.4. The zero-order valence-corrected chi connectivity index (χ0v) is 12.8. The van der Waals surface area contributed by atoms with Gasteiger partial charge in [0.2, 0.25) is 0 Å². The Hall–Kier alpha value is -1.52. The molecule has 0 atom stereocenters. The van der Waals surface area contributed by atoms with Gasteiger partial charge in [-0.2, -0.15) is 0 Å². The Morgan fingerprint density at radius 2 is 1.79 bits per heavy atom. The Labute approximate surface area is 125 Å². The molecule has 0 aliphatic carbocycles. The van der Waals surface area contributed by atoms with Crippen molar-refractivity contribution >= 4 is 44.3 Å². The van der Waals surface area contributed by atoms with Gasteiger partial charge in [-0.1, -0.05) is 36.4 Å². The minimum Gasteiger partial charge on any atom is -0.289 e. The van der Waals surface area contributed by atoms with E-state index in [0.717, 1.165) is 15.2 Å². The number of aromatic nitrogens is 1. The minimum atomic E-state index is 0. The van der Waals surface area contributed by atoms with Gasteiger partial charge in [-0.05, 0) is 19.1 Å². The largest absolute Gasteiger partial charge is 0.289 e. The third-order valence-corrected chi connectivity index (χ3v) is 3.74. The second kappa shape index (κ2) is 5.63. The fourth-order valence-corrected chi connectivity index (χ4v) is 2.84. The highest BCUT2D eigenvalue weighted by atomic mass is 79.9. The number of nitrogens with zero attached hydrogens (tertiary/aromatic N) is 1. The summed E-state index contributed by atoms with van der Waals surface area (Å²) in [4.78, 5) is 16.9. The standard InChI is InChI=1S/C15H11NOS.BrH/c1-10-16-14-12(8-5-9-13(14)18-10)15(17)11-6-3-2-4-7-11;/h2-9H,1H3;1H. The number of para-hydroxylation sites is 1. The lowest BCUT2D eigenvalue weighted by atomic mass is 10.0. The maximum Gasteiger partial charge on any atom is 0.195 e. The highest BCUT2D eigenvalue weighted by Crippen LogP contribution is 2.25. The van der Waals surface area contributed by atoms with E-state index in [1.54, 1.807) is 11.3 Å². The van der Waals surface area contributed by atoms with Gasteiger partial charge in [0.1, 0.15) is 0 Å². The molecule has 0 saturated carbocycles. The molecule has 2 aromatic carbocycles. The van der Waals surface area contributed by atoms with Crippen molar-refractivity contribution in [3.63, 3.8) is 0 Å². The van der Waals surface area contributed by atoms with Crippen molar-refractivity contribution in [1.29, 1.82) is 0 Å². The van der Waals surface area contributed by atoms with E-state index in [0.29, 0.717) is 11.1 Å². The maximum absolute atomic E-state index is 12.4.